The summed E-state index contributed by atoms with van der Waals surface area (Å²) >= 11 is 0. The Balaban J connectivity index is 1.55. The summed E-state index contributed by atoms with van der Waals surface area (Å²) in [7, 11) is 5.68. The van der Waals surface area contributed by atoms with Gasteiger partial charge in [-0.3, -0.25) is 0 Å². The summed E-state index contributed by atoms with van der Waals surface area (Å²) in [5, 5.41) is 0. The third-order valence-electron chi connectivity index (χ3n) is 5.41. The van der Waals surface area contributed by atoms with Crippen molar-refractivity contribution in [3.63, 3.8) is 0 Å². The van der Waals surface area contributed by atoms with Crippen LogP contribution in [-0.2, 0) is 17.8 Å². The van der Waals surface area contributed by atoms with Gasteiger partial charge in [0.2, 0.25) is 0 Å². The highest BCUT2D eigenvalue weighted by Crippen LogP contribution is 2.23. The fourth-order valence-electron chi connectivity index (χ4n) is 3.59. The highest BCUT2D eigenvalue weighted by atomic mass is 16.5. The molecule has 0 unspecified atom stereocenters. The third-order valence-corrected chi connectivity index (χ3v) is 5.41. The van der Waals surface area contributed by atoms with E-state index in [9.17, 15) is 4.79 Å². The molecule has 0 N–H and O–H groups in total. The van der Waals surface area contributed by atoms with Crippen LogP contribution in [0.4, 0.5) is 5.69 Å². The zero-order valence-electron chi connectivity index (χ0n) is 20.4. The Hall–Kier alpha value is -3.73. The number of carbonyl (C=O) groups excluding carboxylic acids is 1. The number of anilines is 1. The van der Waals surface area contributed by atoms with Crippen LogP contribution in [0.25, 0.3) is 6.08 Å². The van der Waals surface area contributed by atoms with Gasteiger partial charge in [-0.15, -0.1) is 0 Å². The molecule has 34 heavy (non-hydrogen) atoms. The average molecular weight is 460 g/mol. The first kappa shape index (κ1) is 24.9. The summed E-state index contributed by atoms with van der Waals surface area (Å²) in [6.45, 7) is 2.70. The molecule has 0 saturated carbocycles. The maximum absolute atomic E-state index is 12.1. The molecule has 3 aromatic carbocycles. The highest BCUT2D eigenvalue weighted by Gasteiger charge is 2.11. The summed E-state index contributed by atoms with van der Waals surface area (Å²) in [6.07, 6.45) is 5.96. The number of allylic oxidation sites excluding steroid dienone is 1. The molecule has 0 saturated heterocycles. The molecule has 0 radical (unpaired) electrons. The van der Waals surface area contributed by atoms with Gasteiger partial charge in [0.25, 0.3) is 0 Å². The number of rotatable bonds is 11. The largest absolute Gasteiger partial charge is 0.497 e. The number of methoxy groups -OCH3 is 1. The van der Waals surface area contributed by atoms with E-state index in [4.69, 9.17) is 14.2 Å². The average Bonchev–Trinajstić information content (AvgIpc) is 2.86. The van der Waals surface area contributed by atoms with Crippen LogP contribution in [0.2, 0.25) is 0 Å². The van der Waals surface area contributed by atoms with Gasteiger partial charge in [-0.2, -0.15) is 0 Å². The fraction of sp³-hybridized carbons (Fsp3) is 0.276. The predicted octanol–water partition coefficient (Wildman–Crippen LogP) is 6.16. The number of aryl methyl sites for hydroxylation is 1. The van der Waals surface area contributed by atoms with Crippen LogP contribution in [0.5, 0.6) is 11.5 Å². The van der Waals surface area contributed by atoms with E-state index < -0.39 is 0 Å². The SMILES string of the molecule is CCOC(=O)c1ccc(N(C)C)c(CC/C=C/c2ccc(OCc3ccc(OC)cc3)cc2)c1. The molecule has 0 aliphatic heterocycles. The van der Waals surface area contributed by atoms with Crippen molar-refractivity contribution in [2.24, 2.45) is 0 Å². The van der Waals surface area contributed by atoms with Crippen LogP contribution in [0.3, 0.4) is 0 Å². The molecule has 0 fully saturated rings. The Morgan fingerprint density at radius 2 is 1.65 bits per heavy atom. The molecule has 0 spiro atoms. The first-order chi connectivity index (χ1) is 16.5. The van der Waals surface area contributed by atoms with Gasteiger partial charge >= 0.3 is 5.97 Å². The lowest BCUT2D eigenvalue weighted by atomic mass is 10.0. The molecule has 5 nitrogen and oxygen atoms in total. The Morgan fingerprint density at radius 3 is 2.29 bits per heavy atom. The van der Waals surface area contributed by atoms with Crippen molar-refractivity contribution in [2.75, 3.05) is 32.7 Å². The molecule has 0 heterocycles. The zero-order valence-corrected chi connectivity index (χ0v) is 20.4. The van der Waals surface area contributed by atoms with Crippen LogP contribution in [-0.4, -0.2) is 33.8 Å². The van der Waals surface area contributed by atoms with Gasteiger partial charge in [0.1, 0.15) is 18.1 Å². The highest BCUT2D eigenvalue weighted by molar-refractivity contribution is 5.90. The van der Waals surface area contributed by atoms with Gasteiger partial charge in [0.05, 0.1) is 19.3 Å². The lowest BCUT2D eigenvalue weighted by Crippen LogP contribution is -2.13. The summed E-state index contributed by atoms with van der Waals surface area (Å²) in [6, 6.07) is 21.7. The maximum atomic E-state index is 12.1. The Labute approximate surface area is 202 Å². The molecule has 0 bridgehead atoms. The molecular formula is C29H33NO4. The van der Waals surface area contributed by atoms with Gasteiger partial charge in [-0.05, 0) is 78.9 Å². The number of hydrogen-bond acceptors (Lipinski definition) is 5. The van der Waals surface area contributed by atoms with E-state index >= 15 is 0 Å². The second kappa shape index (κ2) is 12.5. The Bertz CT molecular complexity index is 1090. The summed E-state index contributed by atoms with van der Waals surface area (Å²) in [5.41, 5.74) is 5.04. The second-order valence-electron chi connectivity index (χ2n) is 8.11. The van der Waals surface area contributed by atoms with E-state index in [1.54, 1.807) is 7.11 Å². The number of carbonyl (C=O) groups is 1. The summed E-state index contributed by atoms with van der Waals surface area (Å²) in [4.78, 5) is 14.2. The van der Waals surface area contributed by atoms with Gasteiger partial charge < -0.3 is 19.1 Å². The van der Waals surface area contributed by atoms with Crippen molar-refractivity contribution in [3.05, 3.63) is 95.1 Å². The fourth-order valence-corrected chi connectivity index (χ4v) is 3.59. The van der Waals surface area contributed by atoms with Gasteiger partial charge in [-0.25, -0.2) is 4.79 Å². The minimum Gasteiger partial charge on any atom is -0.497 e. The van der Waals surface area contributed by atoms with Crippen LogP contribution >= 0.6 is 0 Å². The Morgan fingerprint density at radius 1 is 0.941 bits per heavy atom. The molecule has 3 rings (SSSR count). The standard InChI is InChI=1S/C29H33NO4/c1-5-33-29(31)25-14-19-28(30(2)3)24(20-25)9-7-6-8-22-10-17-27(18-11-22)34-21-23-12-15-26(32-4)16-13-23/h6,8,10-20H,5,7,9,21H2,1-4H3/b8-6+. The molecule has 0 aliphatic carbocycles. The first-order valence-corrected chi connectivity index (χ1v) is 11.5. The Kier molecular flexibility index (Phi) is 9.15. The van der Waals surface area contributed by atoms with Crippen LogP contribution in [0.1, 0.15) is 40.4 Å². The molecule has 0 amide bonds. The predicted molar refractivity (Wildman–Crippen MR) is 138 cm³/mol. The van der Waals surface area contributed by atoms with Crippen molar-refractivity contribution < 1.29 is 19.0 Å². The van der Waals surface area contributed by atoms with Crippen molar-refractivity contribution in [1.82, 2.24) is 0 Å². The van der Waals surface area contributed by atoms with E-state index in [-0.39, 0.29) is 5.97 Å². The van der Waals surface area contributed by atoms with Crippen LogP contribution in [0.15, 0.2) is 72.8 Å². The first-order valence-electron chi connectivity index (χ1n) is 11.5. The number of hydrogen-bond donors (Lipinski definition) is 0. The number of nitrogens with zero attached hydrogens (tertiary/aromatic N) is 1. The molecule has 0 aromatic heterocycles. The van der Waals surface area contributed by atoms with Crippen LogP contribution in [0, 0.1) is 0 Å². The monoisotopic (exact) mass is 459 g/mol. The number of esters is 1. The molecule has 0 atom stereocenters. The smallest absolute Gasteiger partial charge is 0.338 e. The summed E-state index contributed by atoms with van der Waals surface area (Å²) < 4.78 is 16.2. The quantitative estimate of drug-likeness (QED) is 0.321. The normalized spacial score (nSPS) is 10.8. The van der Waals surface area contributed by atoms with Gasteiger partial charge in [0, 0.05) is 19.8 Å². The third kappa shape index (κ3) is 7.14. The molecule has 5 heteroatoms. The molecule has 178 valence electrons. The number of ether oxygens (including phenoxy) is 3. The topological polar surface area (TPSA) is 48.0 Å². The van der Waals surface area contributed by atoms with E-state index in [2.05, 4.69) is 17.1 Å². The zero-order chi connectivity index (χ0) is 24.3. The van der Waals surface area contributed by atoms with Crippen molar-refractivity contribution in [1.29, 1.82) is 0 Å². The minimum atomic E-state index is -0.279. The van der Waals surface area contributed by atoms with E-state index in [0.717, 1.165) is 46.7 Å². The molecule has 3 aromatic rings. The minimum absolute atomic E-state index is 0.279. The number of benzene rings is 3. The molecular weight excluding hydrogens is 426 g/mol. The van der Waals surface area contributed by atoms with Crippen molar-refractivity contribution >= 4 is 17.7 Å². The van der Waals surface area contributed by atoms with Crippen LogP contribution < -0.4 is 14.4 Å². The van der Waals surface area contributed by atoms with Crippen molar-refractivity contribution in [3.8, 4) is 11.5 Å². The summed E-state index contributed by atoms with van der Waals surface area (Å²) in [5.74, 6) is 1.39. The van der Waals surface area contributed by atoms with Crippen molar-refractivity contribution in [2.45, 2.75) is 26.4 Å². The maximum Gasteiger partial charge on any atom is 0.338 e. The van der Waals surface area contributed by atoms with Gasteiger partial charge in [-0.1, -0.05) is 36.4 Å². The molecule has 0 aliphatic rings. The van der Waals surface area contributed by atoms with E-state index in [1.165, 1.54) is 0 Å². The lowest BCUT2D eigenvalue weighted by Gasteiger charge is -2.18. The van der Waals surface area contributed by atoms with E-state index in [0.29, 0.717) is 18.8 Å². The lowest BCUT2D eigenvalue weighted by molar-refractivity contribution is 0.0526. The van der Waals surface area contributed by atoms with E-state index in [1.807, 2.05) is 87.7 Å². The van der Waals surface area contributed by atoms with Gasteiger partial charge in [0.15, 0.2) is 0 Å². The second-order valence-corrected chi connectivity index (χ2v) is 8.11.